The average molecular weight is 325 g/mol. The molecule has 0 aliphatic carbocycles. The highest BCUT2D eigenvalue weighted by Gasteiger charge is 2.11. The van der Waals surface area contributed by atoms with Gasteiger partial charge in [-0.15, -0.1) is 11.3 Å². The number of rotatable bonds is 4. The molecule has 0 fully saturated rings. The van der Waals surface area contributed by atoms with E-state index in [1.807, 2.05) is 44.2 Å². The van der Waals surface area contributed by atoms with Crippen LogP contribution in [0.3, 0.4) is 0 Å². The maximum Gasteiger partial charge on any atom is 0.210 e. The summed E-state index contributed by atoms with van der Waals surface area (Å²) in [7, 11) is 0. The monoisotopic (exact) mass is 324 g/mol. The zero-order valence-electron chi connectivity index (χ0n) is 10.2. The first-order valence-corrected chi connectivity index (χ1v) is 7.16. The maximum absolute atomic E-state index is 11.9. The standard InChI is InChI=1S/C14H13BrO2S/c1-9-4-3-5-10(2)14(9)17-8-11(16)12-6-7-13(15)18-12/h3-7H,8H2,1-2H3. The van der Waals surface area contributed by atoms with Crippen LogP contribution in [0.1, 0.15) is 20.8 Å². The number of carbonyl (C=O) groups excluding carboxylic acids is 1. The van der Waals surface area contributed by atoms with Gasteiger partial charge in [0.25, 0.3) is 0 Å². The Balaban J connectivity index is 2.06. The van der Waals surface area contributed by atoms with E-state index in [1.54, 1.807) is 0 Å². The third-order valence-electron chi connectivity index (χ3n) is 2.60. The molecule has 0 saturated carbocycles. The van der Waals surface area contributed by atoms with Crippen LogP contribution in [0.15, 0.2) is 34.1 Å². The van der Waals surface area contributed by atoms with Crippen molar-refractivity contribution in [2.24, 2.45) is 0 Å². The lowest BCUT2D eigenvalue weighted by Crippen LogP contribution is -2.11. The Morgan fingerprint density at radius 1 is 1.22 bits per heavy atom. The van der Waals surface area contributed by atoms with Crippen LogP contribution >= 0.6 is 27.3 Å². The third-order valence-corrected chi connectivity index (χ3v) is 4.27. The fourth-order valence-electron chi connectivity index (χ4n) is 1.70. The van der Waals surface area contributed by atoms with Gasteiger partial charge in [-0.25, -0.2) is 0 Å². The van der Waals surface area contributed by atoms with Crippen LogP contribution in [0.2, 0.25) is 0 Å². The van der Waals surface area contributed by atoms with Gasteiger partial charge < -0.3 is 4.74 Å². The number of ether oxygens (including phenoxy) is 1. The molecule has 0 aliphatic heterocycles. The second kappa shape index (κ2) is 5.67. The molecule has 0 bridgehead atoms. The quantitative estimate of drug-likeness (QED) is 0.780. The molecule has 2 aromatic rings. The van der Waals surface area contributed by atoms with Crippen LogP contribution in [-0.4, -0.2) is 12.4 Å². The first-order chi connectivity index (χ1) is 8.58. The molecule has 1 aromatic carbocycles. The molecule has 0 aliphatic rings. The van der Waals surface area contributed by atoms with Crippen molar-refractivity contribution in [3.63, 3.8) is 0 Å². The zero-order valence-corrected chi connectivity index (χ0v) is 12.6. The molecule has 4 heteroatoms. The van der Waals surface area contributed by atoms with E-state index in [2.05, 4.69) is 15.9 Å². The van der Waals surface area contributed by atoms with Gasteiger partial charge in [0.2, 0.25) is 5.78 Å². The number of Topliss-reactive ketones (excluding diaryl/α,β-unsaturated/α-hetero) is 1. The van der Waals surface area contributed by atoms with Crippen molar-refractivity contribution in [1.82, 2.24) is 0 Å². The van der Waals surface area contributed by atoms with E-state index in [-0.39, 0.29) is 12.4 Å². The Labute approximate surface area is 119 Å². The molecule has 2 nitrogen and oxygen atoms in total. The smallest absolute Gasteiger partial charge is 0.210 e. The van der Waals surface area contributed by atoms with E-state index in [4.69, 9.17) is 4.74 Å². The van der Waals surface area contributed by atoms with Gasteiger partial charge in [0.05, 0.1) is 8.66 Å². The van der Waals surface area contributed by atoms with E-state index in [9.17, 15) is 4.79 Å². The Morgan fingerprint density at radius 2 is 1.89 bits per heavy atom. The van der Waals surface area contributed by atoms with Crippen LogP contribution < -0.4 is 4.74 Å². The summed E-state index contributed by atoms with van der Waals surface area (Å²) in [5.74, 6) is 0.815. The zero-order chi connectivity index (χ0) is 13.1. The van der Waals surface area contributed by atoms with Crippen molar-refractivity contribution >= 4 is 33.0 Å². The maximum atomic E-state index is 11.9. The summed E-state index contributed by atoms with van der Waals surface area (Å²) < 4.78 is 6.59. The van der Waals surface area contributed by atoms with Crippen molar-refractivity contribution < 1.29 is 9.53 Å². The van der Waals surface area contributed by atoms with Crippen LogP contribution in [-0.2, 0) is 0 Å². The highest BCUT2D eigenvalue weighted by atomic mass is 79.9. The summed E-state index contributed by atoms with van der Waals surface area (Å²) in [6.07, 6.45) is 0. The minimum atomic E-state index is 0.00773. The van der Waals surface area contributed by atoms with E-state index in [0.29, 0.717) is 4.88 Å². The second-order valence-electron chi connectivity index (χ2n) is 4.04. The Morgan fingerprint density at radius 3 is 2.44 bits per heavy atom. The normalized spacial score (nSPS) is 10.4. The molecule has 0 radical (unpaired) electrons. The summed E-state index contributed by atoms with van der Waals surface area (Å²) in [4.78, 5) is 12.6. The van der Waals surface area contributed by atoms with Gasteiger partial charge >= 0.3 is 0 Å². The highest BCUT2D eigenvalue weighted by molar-refractivity contribution is 9.11. The van der Waals surface area contributed by atoms with Crippen molar-refractivity contribution in [2.75, 3.05) is 6.61 Å². The van der Waals surface area contributed by atoms with Gasteiger partial charge in [0.1, 0.15) is 5.75 Å². The number of hydrogen-bond acceptors (Lipinski definition) is 3. The van der Waals surface area contributed by atoms with Crippen LogP contribution in [0.25, 0.3) is 0 Å². The second-order valence-corrected chi connectivity index (χ2v) is 6.50. The fourth-order valence-corrected chi connectivity index (χ4v) is 3.01. The van der Waals surface area contributed by atoms with Crippen molar-refractivity contribution in [2.45, 2.75) is 13.8 Å². The molecule has 0 amide bonds. The molecule has 0 unspecified atom stereocenters. The first-order valence-electron chi connectivity index (χ1n) is 5.55. The van der Waals surface area contributed by atoms with Crippen LogP contribution in [0.5, 0.6) is 5.75 Å². The molecule has 18 heavy (non-hydrogen) atoms. The number of halogens is 1. The molecular weight excluding hydrogens is 312 g/mol. The Kier molecular flexibility index (Phi) is 4.19. The molecule has 0 N–H and O–H groups in total. The van der Waals surface area contributed by atoms with E-state index in [0.717, 1.165) is 20.7 Å². The van der Waals surface area contributed by atoms with Crippen molar-refractivity contribution in [3.05, 3.63) is 50.1 Å². The minimum Gasteiger partial charge on any atom is -0.485 e. The number of ketones is 1. The summed E-state index contributed by atoms with van der Waals surface area (Å²) in [6.45, 7) is 4.04. The van der Waals surface area contributed by atoms with Crippen molar-refractivity contribution in [1.29, 1.82) is 0 Å². The molecule has 0 spiro atoms. The molecule has 0 atom stereocenters. The van der Waals surface area contributed by atoms with Crippen molar-refractivity contribution in [3.8, 4) is 5.75 Å². The summed E-state index contributed by atoms with van der Waals surface area (Å²) in [6, 6.07) is 9.63. The Hall–Kier alpha value is -1.13. The molecule has 1 heterocycles. The van der Waals surface area contributed by atoms with Gasteiger partial charge in [0.15, 0.2) is 6.61 Å². The summed E-state index contributed by atoms with van der Waals surface area (Å²) in [5.41, 5.74) is 2.10. The highest BCUT2D eigenvalue weighted by Crippen LogP contribution is 2.25. The molecular formula is C14H13BrO2S. The van der Waals surface area contributed by atoms with E-state index >= 15 is 0 Å². The first kappa shape index (κ1) is 13.3. The molecule has 0 saturated heterocycles. The number of hydrogen-bond donors (Lipinski definition) is 0. The number of thiophene rings is 1. The lowest BCUT2D eigenvalue weighted by molar-refractivity contribution is 0.0925. The fraction of sp³-hybridized carbons (Fsp3) is 0.214. The van der Waals surface area contributed by atoms with Crippen LogP contribution in [0, 0.1) is 13.8 Å². The van der Waals surface area contributed by atoms with Gasteiger partial charge in [-0.1, -0.05) is 18.2 Å². The van der Waals surface area contributed by atoms with Gasteiger partial charge in [-0.05, 0) is 53.0 Å². The molecule has 1 aromatic heterocycles. The predicted octanol–water partition coefficient (Wildman–Crippen LogP) is 4.39. The van der Waals surface area contributed by atoms with Gasteiger partial charge in [-0.3, -0.25) is 4.79 Å². The van der Waals surface area contributed by atoms with Gasteiger partial charge in [0, 0.05) is 0 Å². The number of aryl methyl sites for hydroxylation is 2. The van der Waals surface area contributed by atoms with Gasteiger partial charge in [-0.2, -0.15) is 0 Å². The summed E-state index contributed by atoms with van der Waals surface area (Å²) in [5, 5.41) is 0. The average Bonchev–Trinajstić information content (AvgIpc) is 2.75. The van der Waals surface area contributed by atoms with E-state index in [1.165, 1.54) is 11.3 Å². The number of carbonyl (C=O) groups is 1. The number of benzene rings is 1. The topological polar surface area (TPSA) is 26.3 Å². The molecule has 2 rings (SSSR count). The largest absolute Gasteiger partial charge is 0.485 e. The molecule has 94 valence electrons. The SMILES string of the molecule is Cc1cccc(C)c1OCC(=O)c1ccc(Br)s1. The lowest BCUT2D eigenvalue weighted by atomic mass is 10.1. The number of para-hydroxylation sites is 1. The van der Waals surface area contributed by atoms with E-state index < -0.39 is 0 Å². The lowest BCUT2D eigenvalue weighted by Gasteiger charge is -2.10. The Bertz CT molecular complexity index is 555. The third kappa shape index (κ3) is 3.00. The summed E-state index contributed by atoms with van der Waals surface area (Å²) >= 11 is 4.77. The predicted molar refractivity (Wildman–Crippen MR) is 77.8 cm³/mol. The minimum absolute atomic E-state index is 0.00773. The van der Waals surface area contributed by atoms with Crippen LogP contribution in [0.4, 0.5) is 0 Å².